The molecule has 98 valence electrons. The van der Waals surface area contributed by atoms with Crippen molar-refractivity contribution in [1.29, 1.82) is 0 Å². The molecule has 0 radical (unpaired) electrons. The lowest BCUT2D eigenvalue weighted by atomic mass is 10.2. The Labute approximate surface area is 102 Å². The van der Waals surface area contributed by atoms with Gasteiger partial charge in [-0.25, -0.2) is 8.42 Å². The van der Waals surface area contributed by atoms with E-state index in [1.165, 1.54) is 6.26 Å². The van der Waals surface area contributed by atoms with Gasteiger partial charge in [-0.05, 0) is 6.92 Å². The van der Waals surface area contributed by atoms with Crippen LogP contribution in [0.2, 0.25) is 0 Å². The third kappa shape index (κ3) is 3.44. The normalized spacial score (nSPS) is 11.8. The Morgan fingerprint density at radius 2 is 2.06 bits per heavy atom. The Bertz CT molecular complexity index is 493. The van der Waals surface area contributed by atoms with Crippen molar-refractivity contribution in [3.05, 3.63) is 11.3 Å². The minimum absolute atomic E-state index is 0.0819. The number of aryl methyl sites for hydroxylation is 2. The number of aromatic nitrogens is 2. The Hall–Kier alpha value is -1.08. The molecule has 0 atom stereocenters. The number of hydrogen-bond acceptors (Lipinski definition) is 5. The van der Waals surface area contributed by atoms with Crippen LogP contribution in [0.1, 0.15) is 11.3 Å². The van der Waals surface area contributed by atoms with Crippen molar-refractivity contribution in [2.24, 2.45) is 7.05 Å². The third-order valence-electron chi connectivity index (χ3n) is 2.63. The molecule has 0 aromatic carbocycles. The second-order valence-corrected chi connectivity index (χ2v) is 6.48. The van der Waals surface area contributed by atoms with E-state index >= 15 is 0 Å². The highest BCUT2D eigenvalue weighted by atomic mass is 32.2. The Balaban J connectivity index is 2.92. The molecular weight excluding hydrogens is 242 g/mol. The molecule has 1 rings (SSSR count). The van der Waals surface area contributed by atoms with Gasteiger partial charge >= 0.3 is 0 Å². The van der Waals surface area contributed by atoms with Crippen LogP contribution in [-0.4, -0.2) is 48.9 Å². The Kier molecular flexibility index (Phi) is 4.16. The Morgan fingerprint density at radius 3 is 2.53 bits per heavy atom. The maximum Gasteiger partial charge on any atom is 0.149 e. The topological polar surface area (TPSA) is 75.4 Å². The van der Waals surface area contributed by atoms with E-state index in [0.29, 0.717) is 6.54 Å². The molecule has 7 heteroatoms. The van der Waals surface area contributed by atoms with E-state index in [1.54, 1.807) is 23.7 Å². The summed E-state index contributed by atoms with van der Waals surface area (Å²) >= 11 is 0. The summed E-state index contributed by atoms with van der Waals surface area (Å²) in [7, 11) is 0.582. The summed E-state index contributed by atoms with van der Waals surface area (Å²) in [6.07, 6.45) is 1.21. The van der Waals surface area contributed by atoms with Crippen LogP contribution < -0.4 is 4.90 Å². The summed E-state index contributed by atoms with van der Waals surface area (Å²) in [5.74, 6) is 0.840. The van der Waals surface area contributed by atoms with Crippen molar-refractivity contribution in [2.75, 3.05) is 30.5 Å². The first kappa shape index (κ1) is 14.0. The molecule has 0 amide bonds. The molecular formula is C10H19N3O3S. The van der Waals surface area contributed by atoms with Crippen LogP contribution in [0.4, 0.5) is 5.82 Å². The average molecular weight is 261 g/mol. The quantitative estimate of drug-likeness (QED) is 0.787. The number of anilines is 1. The highest BCUT2D eigenvalue weighted by molar-refractivity contribution is 7.90. The van der Waals surface area contributed by atoms with Crippen LogP contribution >= 0.6 is 0 Å². The molecule has 0 saturated heterocycles. The number of sulfone groups is 1. The summed E-state index contributed by atoms with van der Waals surface area (Å²) in [6.45, 7) is 2.10. The van der Waals surface area contributed by atoms with Gasteiger partial charge in [0.25, 0.3) is 0 Å². The van der Waals surface area contributed by atoms with Gasteiger partial charge in [0.15, 0.2) is 0 Å². The number of nitrogens with zero attached hydrogens (tertiary/aromatic N) is 3. The molecule has 1 heterocycles. The zero-order valence-electron chi connectivity index (χ0n) is 10.6. The van der Waals surface area contributed by atoms with Gasteiger partial charge in [0.1, 0.15) is 15.7 Å². The molecule has 0 aliphatic heterocycles. The van der Waals surface area contributed by atoms with Gasteiger partial charge < -0.3 is 10.0 Å². The van der Waals surface area contributed by atoms with Gasteiger partial charge in [0, 0.05) is 32.5 Å². The Morgan fingerprint density at radius 1 is 1.47 bits per heavy atom. The predicted octanol–water partition coefficient (Wildman–Crippen LogP) is -0.298. The van der Waals surface area contributed by atoms with Crippen molar-refractivity contribution < 1.29 is 13.5 Å². The van der Waals surface area contributed by atoms with E-state index in [4.69, 9.17) is 0 Å². The maximum atomic E-state index is 11.1. The van der Waals surface area contributed by atoms with Crippen molar-refractivity contribution in [3.63, 3.8) is 0 Å². The first-order chi connectivity index (χ1) is 7.76. The molecule has 0 saturated carbocycles. The van der Waals surface area contributed by atoms with Crippen molar-refractivity contribution in [3.8, 4) is 0 Å². The van der Waals surface area contributed by atoms with E-state index in [2.05, 4.69) is 5.10 Å². The monoisotopic (exact) mass is 261 g/mol. The summed E-state index contributed by atoms with van der Waals surface area (Å²) in [5, 5.41) is 13.5. The molecule has 0 spiro atoms. The maximum absolute atomic E-state index is 11.1. The van der Waals surface area contributed by atoms with E-state index in [0.717, 1.165) is 17.1 Å². The SMILES string of the molecule is Cc1nn(C)c(N(C)CCS(C)(=O)=O)c1CO. The largest absolute Gasteiger partial charge is 0.391 e. The van der Waals surface area contributed by atoms with Gasteiger partial charge in [-0.2, -0.15) is 5.10 Å². The van der Waals surface area contributed by atoms with Gasteiger partial charge in [0.05, 0.1) is 18.1 Å². The molecule has 0 unspecified atom stereocenters. The van der Waals surface area contributed by atoms with Crippen molar-refractivity contribution in [2.45, 2.75) is 13.5 Å². The fourth-order valence-corrected chi connectivity index (χ4v) is 2.37. The number of aliphatic hydroxyl groups excluding tert-OH is 1. The lowest BCUT2D eigenvalue weighted by molar-refractivity contribution is 0.281. The predicted molar refractivity (Wildman–Crippen MR) is 66.8 cm³/mol. The highest BCUT2D eigenvalue weighted by Gasteiger charge is 2.17. The fraction of sp³-hybridized carbons (Fsp3) is 0.700. The zero-order chi connectivity index (χ0) is 13.2. The summed E-state index contributed by atoms with van der Waals surface area (Å²) < 4.78 is 23.9. The highest BCUT2D eigenvalue weighted by Crippen LogP contribution is 2.21. The van der Waals surface area contributed by atoms with Crippen molar-refractivity contribution >= 4 is 15.7 Å². The molecule has 1 N–H and O–H groups in total. The molecule has 0 fully saturated rings. The van der Waals surface area contributed by atoms with Crippen molar-refractivity contribution in [1.82, 2.24) is 9.78 Å². The van der Waals surface area contributed by atoms with E-state index < -0.39 is 9.84 Å². The van der Waals surface area contributed by atoms with Gasteiger partial charge in [-0.3, -0.25) is 4.68 Å². The molecule has 1 aromatic heterocycles. The lowest BCUT2D eigenvalue weighted by Crippen LogP contribution is -2.27. The van der Waals surface area contributed by atoms with Crippen LogP contribution in [0.5, 0.6) is 0 Å². The van der Waals surface area contributed by atoms with Gasteiger partial charge in [0.2, 0.25) is 0 Å². The standard InChI is InChI=1S/C10H19N3O3S/c1-8-9(7-14)10(13(3)11-8)12(2)5-6-17(4,15)16/h14H,5-7H2,1-4H3. The van der Waals surface area contributed by atoms with Crippen LogP contribution in [0, 0.1) is 6.92 Å². The van der Waals surface area contributed by atoms with Crippen LogP contribution in [0.25, 0.3) is 0 Å². The molecule has 6 nitrogen and oxygen atoms in total. The third-order valence-corrected chi connectivity index (χ3v) is 3.55. The molecule has 0 aliphatic carbocycles. The van der Waals surface area contributed by atoms with Crippen LogP contribution in [-0.2, 0) is 23.5 Å². The molecule has 0 bridgehead atoms. The summed E-state index contributed by atoms with van der Waals surface area (Å²) in [6, 6.07) is 0. The van der Waals surface area contributed by atoms with Gasteiger partial charge in [-0.1, -0.05) is 0 Å². The van der Waals surface area contributed by atoms with E-state index in [-0.39, 0.29) is 12.4 Å². The second-order valence-electron chi connectivity index (χ2n) is 4.22. The molecule has 1 aromatic rings. The molecule has 0 aliphatic rings. The van der Waals surface area contributed by atoms with Gasteiger partial charge in [-0.15, -0.1) is 0 Å². The average Bonchev–Trinajstić information content (AvgIpc) is 2.48. The molecule has 17 heavy (non-hydrogen) atoms. The lowest BCUT2D eigenvalue weighted by Gasteiger charge is -2.20. The van der Waals surface area contributed by atoms with Crippen LogP contribution in [0.3, 0.4) is 0 Å². The number of hydrogen-bond donors (Lipinski definition) is 1. The van der Waals surface area contributed by atoms with E-state index in [9.17, 15) is 13.5 Å². The summed E-state index contributed by atoms with van der Waals surface area (Å²) in [4.78, 5) is 1.80. The number of rotatable bonds is 5. The van der Waals surface area contributed by atoms with E-state index in [1.807, 2.05) is 6.92 Å². The minimum Gasteiger partial charge on any atom is -0.391 e. The summed E-state index contributed by atoms with van der Waals surface area (Å²) in [5.41, 5.74) is 1.50. The first-order valence-electron chi connectivity index (χ1n) is 5.28. The first-order valence-corrected chi connectivity index (χ1v) is 7.34. The van der Waals surface area contributed by atoms with Crippen LogP contribution in [0.15, 0.2) is 0 Å². The zero-order valence-corrected chi connectivity index (χ0v) is 11.5. The fourth-order valence-electron chi connectivity index (χ4n) is 1.76. The minimum atomic E-state index is -2.99. The smallest absolute Gasteiger partial charge is 0.149 e. The second kappa shape index (κ2) is 5.05. The number of aliphatic hydroxyl groups is 1.